The largest absolute Gasteiger partial charge is 0.340 e. The number of carbonyl (C=O) groups excluding carboxylic acids is 1. The molecule has 4 heteroatoms. The van der Waals surface area contributed by atoms with Gasteiger partial charge in [0.15, 0.2) is 0 Å². The van der Waals surface area contributed by atoms with Crippen molar-refractivity contribution >= 4 is 5.91 Å². The standard InChI is InChI=1S/C20H37N3O/c1-15(2)17-5-7-19(8-6-17)21-9-11-22(12-10-21)20(24)18-13-23(14-18)16(3)4/h15-19H,5-14H2,1-4H3. The van der Waals surface area contributed by atoms with E-state index in [1.165, 1.54) is 25.7 Å². The monoisotopic (exact) mass is 335 g/mol. The molecule has 3 rings (SSSR count). The summed E-state index contributed by atoms with van der Waals surface area (Å²) in [4.78, 5) is 19.8. The van der Waals surface area contributed by atoms with Crippen molar-refractivity contribution in [2.24, 2.45) is 17.8 Å². The molecule has 138 valence electrons. The number of amides is 1. The Morgan fingerprint density at radius 3 is 1.96 bits per heavy atom. The predicted molar refractivity (Wildman–Crippen MR) is 98.9 cm³/mol. The molecule has 4 nitrogen and oxygen atoms in total. The molecular weight excluding hydrogens is 298 g/mol. The van der Waals surface area contributed by atoms with E-state index in [0.717, 1.165) is 57.1 Å². The number of rotatable bonds is 4. The first-order valence-corrected chi connectivity index (χ1v) is 10.2. The van der Waals surface area contributed by atoms with E-state index in [4.69, 9.17) is 0 Å². The molecule has 0 bridgehead atoms. The van der Waals surface area contributed by atoms with E-state index in [2.05, 4.69) is 42.4 Å². The molecule has 0 spiro atoms. The third kappa shape index (κ3) is 3.96. The van der Waals surface area contributed by atoms with E-state index < -0.39 is 0 Å². The number of piperazine rings is 1. The molecule has 0 aromatic carbocycles. The van der Waals surface area contributed by atoms with Gasteiger partial charge in [0, 0.05) is 51.4 Å². The van der Waals surface area contributed by atoms with Gasteiger partial charge in [-0.3, -0.25) is 14.6 Å². The highest BCUT2D eigenvalue weighted by Crippen LogP contribution is 2.32. The number of carbonyl (C=O) groups is 1. The summed E-state index contributed by atoms with van der Waals surface area (Å²) in [6.07, 6.45) is 5.52. The quantitative estimate of drug-likeness (QED) is 0.790. The molecule has 24 heavy (non-hydrogen) atoms. The Morgan fingerprint density at radius 2 is 1.46 bits per heavy atom. The summed E-state index contributed by atoms with van der Waals surface area (Å²) in [5, 5.41) is 0. The fourth-order valence-corrected chi connectivity index (χ4v) is 4.79. The summed E-state index contributed by atoms with van der Waals surface area (Å²) < 4.78 is 0. The van der Waals surface area contributed by atoms with E-state index in [1.54, 1.807) is 0 Å². The molecule has 0 aromatic rings. The Hall–Kier alpha value is -0.610. The SMILES string of the molecule is CC(C)C1CCC(N2CCN(C(=O)C3CN(C(C)C)C3)CC2)CC1. The van der Waals surface area contributed by atoms with Crippen molar-refractivity contribution in [3.05, 3.63) is 0 Å². The van der Waals surface area contributed by atoms with Crippen LogP contribution in [0.1, 0.15) is 53.4 Å². The van der Waals surface area contributed by atoms with Gasteiger partial charge in [-0.1, -0.05) is 13.8 Å². The van der Waals surface area contributed by atoms with Gasteiger partial charge in [-0.05, 0) is 51.4 Å². The van der Waals surface area contributed by atoms with E-state index in [1.807, 2.05) is 0 Å². The lowest BCUT2D eigenvalue weighted by Gasteiger charge is -2.46. The molecule has 1 amide bonds. The molecule has 0 aromatic heterocycles. The van der Waals surface area contributed by atoms with E-state index in [0.29, 0.717) is 11.9 Å². The van der Waals surface area contributed by atoms with Crippen molar-refractivity contribution in [3.8, 4) is 0 Å². The predicted octanol–water partition coefficient (Wildman–Crippen LogP) is 2.69. The van der Waals surface area contributed by atoms with Crippen LogP contribution in [0.3, 0.4) is 0 Å². The van der Waals surface area contributed by atoms with Crippen LogP contribution in [0.4, 0.5) is 0 Å². The molecule has 3 fully saturated rings. The maximum absolute atomic E-state index is 12.6. The highest BCUT2D eigenvalue weighted by Gasteiger charge is 2.38. The highest BCUT2D eigenvalue weighted by molar-refractivity contribution is 5.80. The number of likely N-dealkylation sites (tertiary alicyclic amines) is 1. The minimum Gasteiger partial charge on any atom is -0.340 e. The van der Waals surface area contributed by atoms with Crippen LogP contribution in [0.2, 0.25) is 0 Å². The van der Waals surface area contributed by atoms with Gasteiger partial charge in [-0.15, -0.1) is 0 Å². The third-order valence-corrected chi connectivity index (χ3v) is 6.82. The molecule has 0 atom stereocenters. The highest BCUT2D eigenvalue weighted by atomic mass is 16.2. The molecule has 0 radical (unpaired) electrons. The van der Waals surface area contributed by atoms with Crippen LogP contribution in [-0.2, 0) is 4.79 Å². The van der Waals surface area contributed by atoms with E-state index >= 15 is 0 Å². The summed E-state index contributed by atoms with van der Waals surface area (Å²) in [6.45, 7) is 15.2. The van der Waals surface area contributed by atoms with Gasteiger partial charge < -0.3 is 4.90 Å². The molecule has 2 saturated heterocycles. The van der Waals surface area contributed by atoms with Gasteiger partial charge in [0.05, 0.1) is 5.92 Å². The molecule has 2 heterocycles. The summed E-state index contributed by atoms with van der Waals surface area (Å²) in [7, 11) is 0. The summed E-state index contributed by atoms with van der Waals surface area (Å²) in [6, 6.07) is 1.35. The van der Waals surface area contributed by atoms with Gasteiger partial charge >= 0.3 is 0 Å². The fraction of sp³-hybridized carbons (Fsp3) is 0.950. The summed E-state index contributed by atoms with van der Waals surface area (Å²) in [5.41, 5.74) is 0. The fourth-order valence-electron chi connectivity index (χ4n) is 4.79. The maximum Gasteiger partial charge on any atom is 0.228 e. The molecular formula is C20H37N3O. The smallest absolute Gasteiger partial charge is 0.228 e. The van der Waals surface area contributed by atoms with Crippen molar-refractivity contribution in [2.75, 3.05) is 39.3 Å². The van der Waals surface area contributed by atoms with Crippen molar-refractivity contribution in [1.82, 2.24) is 14.7 Å². The first-order chi connectivity index (χ1) is 11.5. The first-order valence-electron chi connectivity index (χ1n) is 10.2. The molecule has 3 aliphatic rings. The Balaban J connectivity index is 1.39. The normalized spacial score (nSPS) is 30.8. The van der Waals surface area contributed by atoms with Crippen LogP contribution in [0.25, 0.3) is 0 Å². The molecule has 1 aliphatic carbocycles. The van der Waals surface area contributed by atoms with Gasteiger partial charge in [0.2, 0.25) is 5.91 Å². The zero-order chi connectivity index (χ0) is 17.3. The van der Waals surface area contributed by atoms with Gasteiger partial charge in [-0.25, -0.2) is 0 Å². The van der Waals surface area contributed by atoms with Gasteiger partial charge in [-0.2, -0.15) is 0 Å². The lowest BCUT2D eigenvalue weighted by molar-refractivity contribution is -0.144. The Labute approximate surface area is 148 Å². The van der Waals surface area contributed by atoms with Gasteiger partial charge in [0.25, 0.3) is 0 Å². The zero-order valence-electron chi connectivity index (χ0n) is 16.2. The minimum absolute atomic E-state index is 0.264. The van der Waals surface area contributed by atoms with Crippen molar-refractivity contribution in [2.45, 2.75) is 65.5 Å². The lowest BCUT2D eigenvalue weighted by Crippen LogP contribution is -2.60. The Bertz CT molecular complexity index is 415. The maximum atomic E-state index is 12.6. The zero-order valence-corrected chi connectivity index (χ0v) is 16.2. The molecule has 1 saturated carbocycles. The Morgan fingerprint density at radius 1 is 0.875 bits per heavy atom. The number of hydrogen-bond acceptors (Lipinski definition) is 3. The van der Waals surface area contributed by atoms with Crippen LogP contribution in [-0.4, -0.2) is 72.0 Å². The second-order valence-corrected chi connectivity index (χ2v) is 8.92. The molecule has 0 N–H and O–H groups in total. The van der Waals surface area contributed by atoms with Crippen molar-refractivity contribution in [3.63, 3.8) is 0 Å². The van der Waals surface area contributed by atoms with Crippen LogP contribution in [0, 0.1) is 17.8 Å². The minimum atomic E-state index is 0.264. The summed E-state index contributed by atoms with van der Waals surface area (Å²) >= 11 is 0. The van der Waals surface area contributed by atoms with E-state index in [9.17, 15) is 4.79 Å². The van der Waals surface area contributed by atoms with Crippen LogP contribution >= 0.6 is 0 Å². The van der Waals surface area contributed by atoms with Crippen LogP contribution < -0.4 is 0 Å². The third-order valence-electron chi connectivity index (χ3n) is 6.82. The van der Waals surface area contributed by atoms with Crippen molar-refractivity contribution < 1.29 is 4.79 Å². The second kappa shape index (κ2) is 7.74. The number of hydrogen-bond donors (Lipinski definition) is 0. The Kier molecular flexibility index (Phi) is 5.86. The van der Waals surface area contributed by atoms with Crippen molar-refractivity contribution in [1.29, 1.82) is 0 Å². The van der Waals surface area contributed by atoms with Gasteiger partial charge in [0.1, 0.15) is 0 Å². The van der Waals surface area contributed by atoms with Crippen LogP contribution in [0.15, 0.2) is 0 Å². The average Bonchev–Trinajstić information content (AvgIpc) is 2.53. The summed E-state index contributed by atoms with van der Waals surface area (Å²) in [5.74, 6) is 2.45. The van der Waals surface area contributed by atoms with E-state index in [-0.39, 0.29) is 5.92 Å². The number of nitrogens with zero attached hydrogens (tertiary/aromatic N) is 3. The topological polar surface area (TPSA) is 26.8 Å². The first kappa shape index (κ1) is 18.2. The molecule has 0 unspecified atom stereocenters. The lowest BCUT2D eigenvalue weighted by atomic mass is 9.79. The second-order valence-electron chi connectivity index (χ2n) is 8.92. The molecule has 2 aliphatic heterocycles. The average molecular weight is 336 g/mol. The van der Waals surface area contributed by atoms with Crippen LogP contribution in [0.5, 0.6) is 0 Å².